The quantitative estimate of drug-likeness (QED) is 0.468. The van der Waals surface area contributed by atoms with Crippen molar-refractivity contribution in [1.29, 1.82) is 5.26 Å². The van der Waals surface area contributed by atoms with Crippen molar-refractivity contribution in [1.82, 2.24) is 30.1 Å². The van der Waals surface area contributed by atoms with Gasteiger partial charge in [-0.3, -0.25) is 5.10 Å². The van der Waals surface area contributed by atoms with Gasteiger partial charge >= 0.3 is 6.09 Å². The fraction of sp³-hybridized carbons (Fsp3) is 0.522. The minimum Gasteiger partial charge on any atom is -0.443 e. The maximum absolute atomic E-state index is 15.2. The Balaban J connectivity index is 1.14. The van der Waals surface area contributed by atoms with E-state index in [1.165, 1.54) is 6.20 Å². The summed E-state index contributed by atoms with van der Waals surface area (Å²) in [5.74, 6) is 1.09. The molecule has 7 rings (SSSR count). The van der Waals surface area contributed by atoms with E-state index in [-0.39, 0.29) is 11.2 Å². The number of carbonyl (C=O) groups is 1. The number of rotatable bonds is 7. The van der Waals surface area contributed by atoms with Gasteiger partial charge in [-0.15, -0.1) is 0 Å². The third-order valence-corrected chi connectivity index (χ3v) is 7.32. The highest BCUT2D eigenvalue weighted by Crippen LogP contribution is 2.57. The second-order valence-corrected chi connectivity index (χ2v) is 9.77. The van der Waals surface area contributed by atoms with Crippen molar-refractivity contribution in [2.75, 3.05) is 12.4 Å². The van der Waals surface area contributed by atoms with Crippen LogP contribution in [0, 0.1) is 17.2 Å². The molecule has 4 aliphatic carbocycles. The van der Waals surface area contributed by atoms with Crippen molar-refractivity contribution in [3.63, 3.8) is 0 Å². The number of ether oxygens (including phenoxy) is 2. The summed E-state index contributed by atoms with van der Waals surface area (Å²) in [5.41, 5.74) is 2.02. The number of alkyl halides is 1. The lowest BCUT2D eigenvalue weighted by molar-refractivity contribution is -0.0532. The van der Waals surface area contributed by atoms with Gasteiger partial charge in [-0.05, 0) is 44.1 Å². The van der Waals surface area contributed by atoms with Crippen molar-refractivity contribution in [2.45, 2.75) is 62.4 Å². The first-order valence-corrected chi connectivity index (χ1v) is 11.7. The number of carbonyl (C=O) groups excluding carboxylic acids is 1. The Morgan fingerprint density at radius 2 is 2.20 bits per heavy atom. The lowest BCUT2D eigenvalue weighted by Gasteiger charge is -2.61. The van der Waals surface area contributed by atoms with E-state index in [0.29, 0.717) is 48.0 Å². The standard InChI is InChI=1S/C23H25FN8O3/c1-34-11-13-4-17-21(26-14(9-25)10-32(17)31-13)27-19-5-16(29-30-19)15-2-3-18(20(15)24)35-22(33)28-23-6-12(7-23)8-23/h4-5,10,12,15,18,20H,2-3,6-8,11H2,1H3,(H,28,33)(H2,26,27,29,30)/t12?,15-,18-,20-,23?/m1/s1. The topological polar surface area (TPSA) is 142 Å². The molecule has 3 atom stereocenters. The summed E-state index contributed by atoms with van der Waals surface area (Å²) in [6.45, 7) is 0.317. The van der Waals surface area contributed by atoms with Gasteiger partial charge in [0, 0.05) is 30.3 Å². The number of H-pyrrole nitrogens is 1. The number of amides is 1. The molecule has 4 saturated carbocycles. The minimum atomic E-state index is -1.33. The highest BCUT2D eigenvalue weighted by atomic mass is 19.1. The average molecular weight is 481 g/mol. The van der Waals surface area contributed by atoms with E-state index in [9.17, 15) is 10.1 Å². The lowest BCUT2D eigenvalue weighted by atomic mass is 9.50. The number of hydrogen-bond acceptors (Lipinski definition) is 8. The molecule has 0 aromatic carbocycles. The normalized spacial score (nSPS) is 28.7. The molecule has 3 N–H and O–H groups in total. The zero-order chi connectivity index (χ0) is 24.2. The van der Waals surface area contributed by atoms with Crippen LogP contribution in [0.25, 0.3) is 5.52 Å². The molecule has 2 bridgehead atoms. The van der Waals surface area contributed by atoms with E-state index in [2.05, 4.69) is 30.9 Å². The highest BCUT2D eigenvalue weighted by molar-refractivity contribution is 5.73. The van der Waals surface area contributed by atoms with Crippen molar-refractivity contribution in [2.24, 2.45) is 5.92 Å². The van der Waals surface area contributed by atoms with Gasteiger partial charge in [-0.2, -0.15) is 15.5 Å². The van der Waals surface area contributed by atoms with Crippen LogP contribution in [0.15, 0.2) is 18.3 Å². The van der Waals surface area contributed by atoms with Crippen LogP contribution in [-0.4, -0.2) is 55.8 Å². The third-order valence-electron chi connectivity index (χ3n) is 7.32. The molecule has 0 saturated heterocycles. The summed E-state index contributed by atoms with van der Waals surface area (Å²) in [5, 5.41) is 26.9. The minimum absolute atomic E-state index is 0.0995. The molecule has 1 amide bonds. The molecule has 0 spiro atoms. The van der Waals surface area contributed by atoms with Crippen molar-refractivity contribution in [3.8, 4) is 6.07 Å². The first kappa shape index (κ1) is 21.8. The van der Waals surface area contributed by atoms with E-state index < -0.39 is 24.3 Å². The van der Waals surface area contributed by atoms with Gasteiger partial charge in [-0.1, -0.05) is 0 Å². The highest BCUT2D eigenvalue weighted by Gasteiger charge is 2.58. The van der Waals surface area contributed by atoms with Crippen LogP contribution in [0.5, 0.6) is 0 Å². The average Bonchev–Trinajstić information content (AvgIpc) is 3.49. The summed E-state index contributed by atoms with van der Waals surface area (Å²) in [4.78, 5) is 16.6. The summed E-state index contributed by atoms with van der Waals surface area (Å²) in [6, 6.07) is 5.54. The fourth-order valence-corrected chi connectivity index (χ4v) is 5.51. The van der Waals surface area contributed by atoms with Crippen LogP contribution >= 0.6 is 0 Å². The van der Waals surface area contributed by atoms with E-state index in [1.807, 2.05) is 12.1 Å². The smallest absolute Gasteiger partial charge is 0.407 e. The summed E-state index contributed by atoms with van der Waals surface area (Å²) in [7, 11) is 1.58. The summed E-state index contributed by atoms with van der Waals surface area (Å²) < 4.78 is 27.3. The van der Waals surface area contributed by atoms with Gasteiger partial charge in [-0.25, -0.2) is 18.7 Å². The number of nitrogens with zero attached hydrogens (tertiary/aromatic N) is 5. The molecular formula is C23H25FN8O3. The molecule has 3 aromatic rings. The number of fused-ring (bicyclic) bond motifs is 1. The van der Waals surface area contributed by atoms with Crippen LogP contribution in [-0.2, 0) is 16.1 Å². The summed E-state index contributed by atoms with van der Waals surface area (Å²) in [6.07, 6.45) is 2.88. The first-order valence-electron chi connectivity index (χ1n) is 11.7. The van der Waals surface area contributed by atoms with E-state index in [1.54, 1.807) is 17.7 Å². The van der Waals surface area contributed by atoms with Crippen molar-refractivity contribution >= 4 is 23.2 Å². The molecule has 0 radical (unpaired) electrons. The van der Waals surface area contributed by atoms with Crippen LogP contribution < -0.4 is 10.6 Å². The Hall–Kier alpha value is -3.72. The number of hydrogen-bond donors (Lipinski definition) is 3. The Morgan fingerprint density at radius 1 is 1.37 bits per heavy atom. The van der Waals surface area contributed by atoms with Crippen molar-refractivity contribution in [3.05, 3.63) is 35.4 Å². The van der Waals surface area contributed by atoms with E-state index in [4.69, 9.17) is 9.47 Å². The molecule has 0 unspecified atom stereocenters. The third kappa shape index (κ3) is 3.85. The number of nitrogens with one attached hydrogen (secondary N) is 3. The Labute approximate surface area is 200 Å². The van der Waals surface area contributed by atoms with E-state index in [0.717, 1.165) is 25.2 Å². The molecule has 12 heteroatoms. The molecule has 4 aliphatic rings. The first-order chi connectivity index (χ1) is 16.9. The largest absolute Gasteiger partial charge is 0.443 e. The van der Waals surface area contributed by atoms with Crippen LogP contribution in [0.1, 0.15) is 55.1 Å². The van der Waals surface area contributed by atoms with E-state index >= 15 is 4.39 Å². The number of aromatic nitrogens is 5. The second kappa shape index (κ2) is 8.20. The number of methoxy groups -OCH3 is 1. The van der Waals surface area contributed by atoms with Gasteiger partial charge in [0.25, 0.3) is 0 Å². The Kier molecular flexibility index (Phi) is 5.10. The second-order valence-electron chi connectivity index (χ2n) is 9.77. The fourth-order valence-electron chi connectivity index (χ4n) is 5.51. The van der Waals surface area contributed by atoms with Gasteiger partial charge in [0.1, 0.15) is 23.9 Å². The zero-order valence-corrected chi connectivity index (χ0v) is 19.1. The number of nitriles is 1. The number of halogens is 1. The Bertz CT molecular complexity index is 1310. The van der Waals surface area contributed by atoms with Gasteiger partial charge in [0.05, 0.1) is 18.5 Å². The predicted molar refractivity (Wildman–Crippen MR) is 121 cm³/mol. The molecule has 3 heterocycles. The number of anilines is 2. The molecule has 35 heavy (non-hydrogen) atoms. The molecule has 3 aromatic heterocycles. The van der Waals surface area contributed by atoms with Crippen molar-refractivity contribution < 1.29 is 18.7 Å². The number of aromatic amines is 1. The predicted octanol–water partition coefficient (Wildman–Crippen LogP) is 3.08. The number of alkyl carbamates (subject to hydrolysis) is 1. The Morgan fingerprint density at radius 3 is 2.91 bits per heavy atom. The molecule has 4 fully saturated rings. The van der Waals surface area contributed by atoms with Gasteiger partial charge < -0.3 is 20.1 Å². The monoisotopic (exact) mass is 480 g/mol. The van der Waals surface area contributed by atoms with Crippen LogP contribution in [0.3, 0.4) is 0 Å². The van der Waals surface area contributed by atoms with Crippen LogP contribution in [0.2, 0.25) is 0 Å². The molecule has 11 nitrogen and oxygen atoms in total. The van der Waals surface area contributed by atoms with Crippen LogP contribution in [0.4, 0.5) is 20.8 Å². The molecule has 182 valence electrons. The van der Waals surface area contributed by atoms with Gasteiger partial charge in [0.15, 0.2) is 17.3 Å². The SMILES string of the molecule is COCc1cc2c(Nc3cc([C@H]4CC[C@@H](OC(=O)NC56CC(C5)C6)[C@@H]4F)[nH]n3)nc(C#N)cn2n1. The maximum atomic E-state index is 15.2. The zero-order valence-electron chi connectivity index (χ0n) is 19.1. The summed E-state index contributed by atoms with van der Waals surface area (Å²) >= 11 is 0. The maximum Gasteiger partial charge on any atom is 0.407 e. The lowest BCUT2D eigenvalue weighted by Crippen LogP contribution is -2.68. The molecular weight excluding hydrogens is 455 g/mol. The van der Waals surface area contributed by atoms with Gasteiger partial charge in [0.2, 0.25) is 0 Å². The molecule has 0 aliphatic heterocycles.